The summed E-state index contributed by atoms with van der Waals surface area (Å²) < 4.78 is 0. The predicted octanol–water partition coefficient (Wildman–Crippen LogP) is 4.76. The first-order valence-electron chi connectivity index (χ1n) is 6.70. The minimum atomic E-state index is -0.804. The number of nitrogens with zero attached hydrogens (tertiary/aromatic N) is 1. The van der Waals surface area contributed by atoms with Crippen LogP contribution in [0.15, 0.2) is 36.4 Å². The number of halogens is 1. The van der Waals surface area contributed by atoms with Crippen LogP contribution in [-0.2, 0) is 0 Å². The second-order valence-corrected chi connectivity index (χ2v) is 5.72. The third-order valence-electron chi connectivity index (χ3n) is 3.58. The van der Waals surface area contributed by atoms with E-state index in [1.165, 1.54) is 0 Å². The molecule has 1 unspecified atom stereocenters. The van der Waals surface area contributed by atoms with Gasteiger partial charge < -0.3 is 0 Å². The minimum Gasteiger partial charge on any atom is -0.292 e. The molecule has 0 fully saturated rings. The van der Waals surface area contributed by atoms with E-state index in [1.807, 2.05) is 39.0 Å². The van der Waals surface area contributed by atoms with E-state index in [0.717, 1.165) is 22.3 Å². The Bertz CT molecular complexity index is 723. The fourth-order valence-electron chi connectivity index (χ4n) is 2.27. The lowest BCUT2D eigenvalue weighted by Crippen LogP contribution is -2.12. The van der Waals surface area contributed by atoms with Crippen molar-refractivity contribution in [2.75, 3.05) is 0 Å². The second kappa shape index (κ2) is 6.11. The Morgan fingerprint density at radius 3 is 2.38 bits per heavy atom. The highest BCUT2D eigenvalue weighted by molar-refractivity contribution is 6.31. The van der Waals surface area contributed by atoms with Gasteiger partial charge in [-0.05, 0) is 61.2 Å². The molecule has 0 radical (unpaired) electrons. The monoisotopic (exact) mass is 297 g/mol. The highest BCUT2D eigenvalue weighted by Crippen LogP contribution is 2.25. The smallest absolute Gasteiger partial charge is 0.184 e. The lowest BCUT2D eigenvalue weighted by Gasteiger charge is -2.11. The molecule has 0 saturated heterocycles. The Morgan fingerprint density at radius 1 is 1.10 bits per heavy atom. The van der Waals surface area contributed by atoms with Crippen molar-refractivity contribution in [3.63, 3.8) is 0 Å². The van der Waals surface area contributed by atoms with Gasteiger partial charge in [0.2, 0.25) is 0 Å². The molecule has 2 aromatic carbocycles. The summed E-state index contributed by atoms with van der Waals surface area (Å²) in [4.78, 5) is 12.6. The molecule has 0 N–H and O–H groups in total. The van der Waals surface area contributed by atoms with Gasteiger partial charge in [0.05, 0.1) is 6.07 Å². The second-order valence-electron chi connectivity index (χ2n) is 5.29. The molecule has 2 aromatic rings. The van der Waals surface area contributed by atoms with Crippen molar-refractivity contribution in [3.8, 4) is 6.07 Å². The Morgan fingerprint density at radius 2 is 1.81 bits per heavy atom. The Balaban J connectivity index is 2.43. The van der Waals surface area contributed by atoms with E-state index in [9.17, 15) is 10.1 Å². The zero-order chi connectivity index (χ0) is 15.6. The Labute approximate surface area is 130 Å². The van der Waals surface area contributed by atoms with Crippen molar-refractivity contribution >= 4 is 17.4 Å². The number of ketones is 1. The molecule has 0 aliphatic heterocycles. The Hall–Kier alpha value is -2.11. The number of hydrogen-bond donors (Lipinski definition) is 0. The van der Waals surface area contributed by atoms with Crippen LogP contribution >= 0.6 is 11.6 Å². The number of nitriles is 1. The molecule has 0 bridgehead atoms. The van der Waals surface area contributed by atoms with Crippen molar-refractivity contribution in [1.82, 2.24) is 0 Å². The molecule has 0 saturated carbocycles. The number of hydrogen-bond acceptors (Lipinski definition) is 2. The third-order valence-corrected chi connectivity index (χ3v) is 3.80. The summed E-state index contributed by atoms with van der Waals surface area (Å²) in [6, 6.07) is 13.0. The molecule has 3 heteroatoms. The third kappa shape index (κ3) is 3.32. The molecule has 2 rings (SSSR count). The number of Topliss-reactive ketones (excluding diaryl/α,β-unsaturated/α-hetero) is 1. The fraction of sp³-hybridized carbons (Fsp3) is 0.222. The molecular formula is C18H16ClNO. The highest BCUT2D eigenvalue weighted by atomic mass is 35.5. The van der Waals surface area contributed by atoms with Crippen LogP contribution in [0.3, 0.4) is 0 Å². The van der Waals surface area contributed by atoms with E-state index in [-0.39, 0.29) is 5.78 Å². The largest absolute Gasteiger partial charge is 0.292 e. The number of carbonyl (C=O) groups is 1. The molecule has 0 heterocycles. The van der Waals surface area contributed by atoms with Crippen LogP contribution in [0.25, 0.3) is 0 Å². The van der Waals surface area contributed by atoms with Crippen molar-refractivity contribution in [1.29, 1.82) is 5.26 Å². The van der Waals surface area contributed by atoms with Crippen LogP contribution in [0.1, 0.15) is 38.5 Å². The van der Waals surface area contributed by atoms with Gasteiger partial charge in [0, 0.05) is 10.6 Å². The maximum atomic E-state index is 12.6. The normalized spacial score (nSPS) is 11.8. The fourth-order valence-corrected chi connectivity index (χ4v) is 2.56. The molecule has 0 aromatic heterocycles. The number of aryl methyl sites for hydroxylation is 3. The molecule has 21 heavy (non-hydrogen) atoms. The van der Waals surface area contributed by atoms with Gasteiger partial charge >= 0.3 is 0 Å². The van der Waals surface area contributed by atoms with Crippen LogP contribution in [0.4, 0.5) is 0 Å². The van der Waals surface area contributed by atoms with Crippen molar-refractivity contribution < 1.29 is 4.79 Å². The maximum Gasteiger partial charge on any atom is 0.184 e. The van der Waals surface area contributed by atoms with Crippen molar-refractivity contribution in [3.05, 3.63) is 69.2 Å². The quantitative estimate of drug-likeness (QED) is 0.767. The van der Waals surface area contributed by atoms with Crippen LogP contribution in [0.2, 0.25) is 5.02 Å². The van der Waals surface area contributed by atoms with Gasteiger partial charge in [-0.3, -0.25) is 4.79 Å². The first-order chi connectivity index (χ1) is 9.92. The van der Waals surface area contributed by atoms with Gasteiger partial charge in [0.15, 0.2) is 5.78 Å². The van der Waals surface area contributed by atoms with Crippen molar-refractivity contribution in [2.24, 2.45) is 0 Å². The molecular weight excluding hydrogens is 282 g/mol. The van der Waals surface area contributed by atoms with Crippen LogP contribution in [0.5, 0.6) is 0 Å². The summed E-state index contributed by atoms with van der Waals surface area (Å²) in [5.74, 6) is -1.02. The van der Waals surface area contributed by atoms with Crippen molar-refractivity contribution in [2.45, 2.75) is 26.7 Å². The van der Waals surface area contributed by atoms with Gasteiger partial charge in [-0.25, -0.2) is 0 Å². The summed E-state index contributed by atoms with van der Waals surface area (Å²) in [7, 11) is 0. The number of benzene rings is 2. The van der Waals surface area contributed by atoms with E-state index in [0.29, 0.717) is 10.6 Å². The van der Waals surface area contributed by atoms with Gasteiger partial charge in [-0.15, -0.1) is 0 Å². The molecule has 0 amide bonds. The van der Waals surface area contributed by atoms with E-state index in [4.69, 9.17) is 11.6 Å². The standard InChI is InChI=1S/C18H16ClNO/c1-11-6-15(9-16(19)7-11)18(21)17(10-20)14-5-4-12(2)13(3)8-14/h4-9,17H,1-3H3. The SMILES string of the molecule is Cc1cc(Cl)cc(C(=O)C(C#N)c2ccc(C)c(C)c2)c1. The molecule has 2 nitrogen and oxygen atoms in total. The van der Waals surface area contributed by atoms with Crippen LogP contribution in [0, 0.1) is 32.1 Å². The van der Waals surface area contributed by atoms with Gasteiger partial charge in [-0.1, -0.05) is 29.8 Å². The highest BCUT2D eigenvalue weighted by Gasteiger charge is 2.22. The van der Waals surface area contributed by atoms with E-state index < -0.39 is 5.92 Å². The summed E-state index contributed by atoms with van der Waals surface area (Å²) in [5.41, 5.74) is 4.32. The molecule has 0 aliphatic rings. The number of rotatable bonds is 3. The molecule has 0 spiro atoms. The van der Waals surface area contributed by atoms with Gasteiger partial charge in [0.25, 0.3) is 0 Å². The number of carbonyl (C=O) groups excluding carboxylic acids is 1. The zero-order valence-corrected chi connectivity index (χ0v) is 13.0. The van der Waals surface area contributed by atoms with E-state index in [1.54, 1.807) is 18.2 Å². The summed E-state index contributed by atoms with van der Waals surface area (Å²) in [5, 5.41) is 9.92. The lowest BCUT2D eigenvalue weighted by atomic mass is 9.89. The minimum absolute atomic E-state index is 0.216. The zero-order valence-electron chi connectivity index (χ0n) is 12.3. The Kier molecular flexibility index (Phi) is 4.45. The first kappa shape index (κ1) is 15.3. The van der Waals surface area contributed by atoms with Crippen LogP contribution in [-0.4, -0.2) is 5.78 Å². The van der Waals surface area contributed by atoms with E-state index in [2.05, 4.69) is 6.07 Å². The average molecular weight is 298 g/mol. The van der Waals surface area contributed by atoms with Crippen LogP contribution < -0.4 is 0 Å². The predicted molar refractivity (Wildman–Crippen MR) is 84.8 cm³/mol. The first-order valence-corrected chi connectivity index (χ1v) is 7.08. The molecule has 106 valence electrons. The summed E-state index contributed by atoms with van der Waals surface area (Å²) in [6.07, 6.45) is 0. The average Bonchev–Trinajstić information content (AvgIpc) is 2.42. The summed E-state index contributed by atoms with van der Waals surface area (Å²) in [6.45, 7) is 5.85. The lowest BCUT2D eigenvalue weighted by molar-refractivity contribution is 0.0979. The maximum absolute atomic E-state index is 12.6. The van der Waals surface area contributed by atoms with Gasteiger partial charge in [-0.2, -0.15) is 5.26 Å². The van der Waals surface area contributed by atoms with Gasteiger partial charge in [0.1, 0.15) is 5.92 Å². The topological polar surface area (TPSA) is 40.9 Å². The van der Waals surface area contributed by atoms with E-state index >= 15 is 0 Å². The molecule has 1 atom stereocenters. The summed E-state index contributed by atoms with van der Waals surface area (Å²) >= 11 is 6.00. The molecule has 0 aliphatic carbocycles.